The van der Waals surface area contributed by atoms with E-state index in [-0.39, 0.29) is 80.7 Å². The Hall–Kier alpha value is 2.28. The summed E-state index contributed by atoms with van der Waals surface area (Å²) in [6.45, 7) is 0. The predicted molar refractivity (Wildman–Crippen MR) is 12.5 cm³/mol. The van der Waals surface area contributed by atoms with Crippen LogP contribution in [0.2, 0.25) is 0 Å². The summed E-state index contributed by atoms with van der Waals surface area (Å²) in [5.41, 5.74) is 0. The predicted octanol–water partition coefficient (Wildman–Crippen LogP) is -0.316. The molecule has 0 amide bonds. The Bertz CT molecular complexity index is 9.61. The Kier molecular flexibility index (Phi) is 180. The van der Waals surface area contributed by atoms with Gasteiger partial charge in [-0.05, 0) is 0 Å². The molecule has 0 spiro atoms. The molecule has 0 aromatic rings. The molecule has 5 heteroatoms. The van der Waals surface area contributed by atoms with Crippen molar-refractivity contribution in [2.75, 3.05) is 0 Å². The van der Waals surface area contributed by atoms with Crippen molar-refractivity contribution in [2.45, 2.75) is 0 Å². The molecule has 0 aliphatic carbocycles. The van der Waals surface area contributed by atoms with Crippen molar-refractivity contribution < 1.29 is 61.8 Å². The molecule has 0 rings (SSSR count). The van der Waals surface area contributed by atoms with Gasteiger partial charge in [-0.3, -0.25) is 0 Å². The van der Waals surface area contributed by atoms with E-state index in [0.29, 0.717) is 0 Å². The number of hydrogen-bond acceptors (Lipinski definition) is 2. The van der Waals surface area contributed by atoms with E-state index in [4.69, 9.17) is 9.93 Å². The van der Waals surface area contributed by atoms with Crippen LogP contribution in [0.5, 0.6) is 0 Å². The molecule has 0 N–H and O–H groups in total. The first-order valence-corrected chi connectivity index (χ1v) is 0.167. The molecular formula is LaLiO2Zr. The van der Waals surface area contributed by atoms with Crippen molar-refractivity contribution in [2.24, 2.45) is 0 Å². The summed E-state index contributed by atoms with van der Waals surface area (Å²) in [7, 11) is 0. The Morgan fingerprint density at radius 2 is 1.00 bits per heavy atom. The molecule has 0 unspecified atom stereocenters. The van der Waals surface area contributed by atoms with E-state index in [2.05, 4.69) is 0 Å². The van der Waals surface area contributed by atoms with E-state index in [1.807, 2.05) is 0 Å². The van der Waals surface area contributed by atoms with Gasteiger partial charge in [0.05, 0.1) is 0 Å². The van der Waals surface area contributed by atoms with Crippen LogP contribution in [-0.2, 0) is 26.2 Å². The van der Waals surface area contributed by atoms with Crippen LogP contribution < -0.4 is 0 Å². The maximum atomic E-state index is 7.00. The standard InChI is InChI=1S/La.Li.O2.Zr/c;;1-2;. The molecule has 0 saturated carbocycles. The quantitative estimate of drug-likeness (QED) is 0.565. The van der Waals surface area contributed by atoms with Crippen LogP contribution in [0.4, 0.5) is 0 Å². The fraction of sp³-hybridized carbons (Fsp3) is 0. The largest absolute Gasteiger partial charge is 0 e. The van der Waals surface area contributed by atoms with Gasteiger partial charge in [-0.15, -0.1) is 0 Å². The molecule has 0 aliphatic heterocycles. The van der Waals surface area contributed by atoms with E-state index in [9.17, 15) is 0 Å². The van der Waals surface area contributed by atoms with E-state index >= 15 is 0 Å². The molecule has 0 atom stereocenters. The minimum absolute atomic E-state index is 0. The number of hydrogen-bond donors (Lipinski definition) is 0. The fourth-order valence-corrected chi connectivity index (χ4v) is 0. The van der Waals surface area contributed by atoms with Crippen molar-refractivity contribution >= 4 is 18.9 Å². The van der Waals surface area contributed by atoms with Gasteiger partial charge in [0.15, 0.2) is 0 Å². The van der Waals surface area contributed by atoms with Gasteiger partial charge in [0, 0.05) is 90.6 Å². The Morgan fingerprint density at radius 1 is 1.00 bits per heavy atom. The summed E-state index contributed by atoms with van der Waals surface area (Å²) in [6, 6.07) is 0. The van der Waals surface area contributed by atoms with Gasteiger partial charge in [0.2, 0.25) is 0 Å². The van der Waals surface area contributed by atoms with Crippen LogP contribution in [0.25, 0.3) is 0 Å². The molecule has 2 nitrogen and oxygen atoms in total. The van der Waals surface area contributed by atoms with Crippen molar-refractivity contribution in [1.29, 1.82) is 0 Å². The van der Waals surface area contributed by atoms with Crippen molar-refractivity contribution in [3.63, 3.8) is 0 Å². The Balaban J connectivity index is -0.00000000167. The molecule has 0 aliphatic rings. The average molecular weight is 269 g/mol. The molecule has 5 heavy (non-hydrogen) atoms. The van der Waals surface area contributed by atoms with Gasteiger partial charge >= 0.3 is 0 Å². The molecule has 0 aromatic carbocycles. The second-order valence-electron chi connectivity index (χ2n) is 0. The first-order chi connectivity index (χ1) is 1.00. The SMILES string of the molecule is O=O.[La].[Li].[Zr]. The second-order valence-corrected chi connectivity index (χ2v) is 0. The summed E-state index contributed by atoms with van der Waals surface area (Å²) in [5, 5.41) is 0. The fourth-order valence-electron chi connectivity index (χ4n) is 0. The van der Waals surface area contributed by atoms with Crippen LogP contribution >= 0.6 is 0 Å². The first-order valence-electron chi connectivity index (χ1n) is 0.167. The summed E-state index contributed by atoms with van der Waals surface area (Å²) < 4.78 is 0. The van der Waals surface area contributed by atoms with Gasteiger partial charge < -0.3 is 0 Å². The van der Waals surface area contributed by atoms with Crippen LogP contribution in [0, 0.1) is 45.5 Å². The Morgan fingerprint density at radius 3 is 1.00 bits per heavy atom. The monoisotopic (exact) mass is 268 g/mol. The van der Waals surface area contributed by atoms with Crippen LogP contribution in [0.1, 0.15) is 0 Å². The van der Waals surface area contributed by atoms with E-state index in [1.165, 1.54) is 0 Å². The van der Waals surface area contributed by atoms with Gasteiger partial charge in [-0.25, -0.2) is 0 Å². The van der Waals surface area contributed by atoms with Gasteiger partial charge in [0.1, 0.15) is 0 Å². The molecular weight excluding hydrogens is 269 g/mol. The van der Waals surface area contributed by atoms with Crippen LogP contribution in [0.3, 0.4) is 0 Å². The zero-order valence-corrected chi connectivity index (χ0v) is 8.98. The van der Waals surface area contributed by atoms with E-state index in [0.717, 1.165) is 0 Å². The molecule has 0 aromatic heterocycles. The van der Waals surface area contributed by atoms with E-state index < -0.39 is 0 Å². The summed E-state index contributed by atoms with van der Waals surface area (Å²) in [4.78, 5) is 14.0. The average Bonchev–Trinajstić information content (AvgIpc) is 1.00. The minimum atomic E-state index is 0. The molecule has 20 valence electrons. The third-order valence-corrected chi connectivity index (χ3v) is 0. The molecule has 2 radical (unpaired) electrons. The van der Waals surface area contributed by atoms with E-state index in [1.54, 1.807) is 0 Å². The zero-order valence-electron chi connectivity index (χ0n) is 2.89. The zero-order chi connectivity index (χ0) is 2.00. The van der Waals surface area contributed by atoms with Gasteiger partial charge in [0.25, 0.3) is 0 Å². The smallest absolute Gasteiger partial charge is 0 e. The summed E-state index contributed by atoms with van der Waals surface area (Å²) in [5.74, 6) is 0. The summed E-state index contributed by atoms with van der Waals surface area (Å²) >= 11 is 0. The Labute approximate surface area is 89.0 Å². The van der Waals surface area contributed by atoms with Crippen molar-refractivity contribution in [3.05, 3.63) is 9.93 Å². The summed E-state index contributed by atoms with van der Waals surface area (Å²) in [6.07, 6.45) is 0. The number of rotatable bonds is 0. The first kappa shape index (κ1) is 26.7. The van der Waals surface area contributed by atoms with Crippen molar-refractivity contribution in [1.82, 2.24) is 0 Å². The molecule has 0 bridgehead atoms. The maximum absolute atomic E-state index is 7.00. The van der Waals surface area contributed by atoms with Crippen LogP contribution in [-0.4, -0.2) is 18.9 Å². The topological polar surface area (TPSA) is 34.1 Å². The third kappa shape index (κ3) is 22.2. The second kappa shape index (κ2) is 33.7. The van der Waals surface area contributed by atoms with Gasteiger partial charge in [-0.1, -0.05) is 0 Å². The van der Waals surface area contributed by atoms with Crippen molar-refractivity contribution in [3.8, 4) is 0 Å². The minimum Gasteiger partial charge on any atom is 0 e. The van der Waals surface area contributed by atoms with Crippen LogP contribution in [0.15, 0.2) is 0 Å². The molecule has 0 heterocycles. The molecule has 0 saturated heterocycles. The maximum Gasteiger partial charge on any atom is 0 e. The third-order valence-electron chi connectivity index (χ3n) is 0. The van der Waals surface area contributed by atoms with Gasteiger partial charge in [-0.2, -0.15) is 0 Å². The normalized spacial score (nSPS) is 0.800. The molecule has 0 fully saturated rings.